The second-order valence-corrected chi connectivity index (χ2v) is 5.23. The van der Waals surface area contributed by atoms with Gasteiger partial charge in [-0.1, -0.05) is 0 Å². The molecule has 0 bridgehead atoms. The Balaban J connectivity index is 2.05. The van der Waals surface area contributed by atoms with Gasteiger partial charge in [-0.15, -0.1) is 0 Å². The topological polar surface area (TPSA) is 53.8 Å². The van der Waals surface area contributed by atoms with Gasteiger partial charge in [0, 0.05) is 12.6 Å². The molecule has 1 unspecified atom stereocenters. The predicted molar refractivity (Wildman–Crippen MR) is 65.7 cm³/mol. The summed E-state index contributed by atoms with van der Waals surface area (Å²) in [5.74, 6) is -1.91. The van der Waals surface area contributed by atoms with E-state index < -0.39 is 35.6 Å². The van der Waals surface area contributed by atoms with Crippen molar-refractivity contribution in [2.75, 3.05) is 11.4 Å². The van der Waals surface area contributed by atoms with Crippen LogP contribution in [0.5, 0.6) is 0 Å². The molecule has 1 atom stereocenters. The number of halogens is 3. The molecule has 3 amide bonds. The summed E-state index contributed by atoms with van der Waals surface area (Å²) in [6.45, 7) is 1.74. The fraction of sp³-hybridized carbons (Fsp3) is 0.538. The zero-order chi connectivity index (χ0) is 15.4. The summed E-state index contributed by atoms with van der Waals surface area (Å²) in [6, 6.07) is -0.268. The van der Waals surface area contributed by atoms with Crippen molar-refractivity contribution in [1.82, 2.24) is 4.90 Å². The Morgan fingerprint density at radius 3 is 2.62 bits per heavy atom. The van der Waals surface area contributed by atoms with Crippen molar-refractivity contribution in [2.24, 2.45) is 0 Å². The number of carbonyl (C=O) groups is 2. The standard InChI is InChI=1S/C13H13F3N2O3/c1-7-6-9(10(21-7)13(14,15)16)18-11(19)8-4-2-3-5-17(8)12(18)20/h6,8H,2-5H2,1H3. The van der Waals surface area contributed by atoms with E-state index in [-0.39, 0.29) is 5.76 Å². The molecule has 1 aromatic heterocycles. The fourth-order valence-electron chi connectivity index (χ4n) is 2.88. The van der Waals surface area contributed by atoms with Gasteiger partial charge in [-0.25, -0.2) is 9.69 Å². The Hall–Kier alpha value is -1.99. The van der Waals surface area contributed by atoms with Crippen LogP contribution in [0.4, 0.5) is 23.7 Å². The van der Waals surface area contributed by atoms with Crippen molar-refractivity contribution in [1.29, 1.82) is 0 Å². The van der Waals surface area contributed by atoms with Crippen molar-refractivity contribution in [3.8, 4) is 0 Å². The van der Waals surface area contributed by atoms with Gasteiger partial charge >= 0.3 is 12.2 Å². The van der Waals surface area contributed by atoms with Crippen LogP contribution < -0.4 is 4.90 Å². The van der Waals surface area contributed by atoms with E-state index in [9.17, 15) is 22.8 Å². The number of piperidine rings is 1. The molecule has 21 heavy (non-hydrogen) atoms. The van der Waals surface area contributed by atoms with Crippen molar-refractivity contribution in [3.05, 3.63) is 17.6 Å². The minimum absolute atomic E-state index is 0.00259. The molecule has 2 saturated heterocycles. The van der Waals surface area contributed by atoms with Crippen LogP contribution >= 0.6 is 0 Å². The van der Waals surface area contributed by atoms with E-state index >= 15 is 0 Å². The second kappa shape index (κ2) is 4.51. The van der Waals surface area contributed by atoms with Gasteiger partial charge in [-0.2, -0.15) is 13.2 Å². The number of furan rings is 1. The molecular weight excluding hydrogens is 289 g/mol. The highest BCUT2D eigenvalue weighted by Gasteiger charge is 2.50. The third-order valence-corrected chi connectivity index (χ3v) is 3.78. The smallest absolute Gasteiger partial charge is 0.451 e. The maximum atomic E-state index is 13.0. The number of hydrogen-bond donors (Lipinski definition) is 0. The lowest BCUT2D eigenvalue weighted by Gasteiger charge is -2.25. The summed E-state index contributed by atoms with van der Waals surface area (Å²) in [5.41, 5.74) is -0.510. The Morgan fingerprint density at radius 2 is 2.00 bits per heavy atom. The molecule has 8 heteroatoms. The fourth-order valence-corrected chi connectivity index (χ4v) is 2.88. The first-order valence-corrected chi connectivity index (χ1v) is 6.63. The van der Waals surface area contributed by atoms with Crippen LogP contribution in [0.15, 0.2) is 10.5 Å². The lowest BCUT2D eigenvalue weighted by molar-refractivity contribution is -0.152. The van der Waals surface area contributed by atoms with E-state index in [2.05, 4.69) is 4.42 Å². The number of amides is 3. The first-order valence-electron chi connectivity index (χ1n) is 6.63. The van der Waals surface area contributed by atoms with Gasteiger partial charge in [0.2, 0.25) is 5.76 Å². The third kappa shape index (κ3) is 2.09. The zero-order valence-corrected chi connectivity index (χ0v) is 11.2. The van der Waals surface area contributed by atoms with Crippen molar-refractivity contribution < 1.29 is 27.2 Å². The number of anilines is 1. The highest BCUT2D eigenvalue weighted by atomic mass is 19.4. The highest BCUT2D eigenvalue weighted by Crippen LogP contribution is 2.41. The Labute approximate surface area is 118 Å². The number of carbonyl (C=O) groups excluding carboxylic acids is 2. The minimum atomic E-state index is -4.76. The molecule has 0 aliphatic carbocycles. The van der Waals surface area contributed by atoms with Gasteiger partial charge in [-0.3, -0.25) is 4.79 Å². The number of fused-ring (bicyclic) bond motifs is 1. The molecule has 0 radical (unpaired) electrons. The highest BCUT2D eigenvalue weighted by molar-refractivity contribution is 6.21. The molecule has 0 saturated carbocycles. The predicted octanol–water partition coefficient (Wildman–Crippen LogP) is 2.93. The number of urea groups is 1. The van der Waals surface area contributed by atoms with E-state index in [1.165, 1.54) is 11.8 Å². The summed E-state index contributed by atoms with van der Waals surface area (Å²) in [5, 5.41) is 0. The Bertz CT molecular complexity index is 584. The van der Waals surface area contributed by atoms with Gasteiger partial charge in [0.15, 0.2) is 0 Å². The number of rotatable bonds is 1. The largest absolute Gasteiger partial charge is 0.455 e. The van der Waals surface area contributed by atoms with Gasteiger partial charge in [0.1, 0.15) is 17.5 Å². The van der Waals surface area contributed by atoms with Crippen molar-refractivity contribution in [3.63, 3.8) is 0 Å². The maximum Gasteiger partial charge on any atom is 0.451 e. The quantitative estimate of drug-likeness (QED) is 0.749. The number of alkyl halides is 3. The molecule has 1 aromatic rings. The van der Waals surface area contributed by atoms with Crippen LogP contribution in [0, 0.1) is 6.92 Å². The van der Waals surface area contributed by atoms with E-state index in [0.29, 0.717) is 17.9 Å². The van der Waals surface area contributed by atoms with Crippen molar-refractivity contribution >= 4 is 17.6 Å². The SMILES string of the molecule is Cc1cc(N2C(=O)C3CCCCN3C2=O)c(C(F)(F)F)o1. The molecule has 5 nitrogen and oxygen atoms in total. The summed E-state index contributed by atoms with van der Waals surface area (Å²) < 4.78 is 43.6. The van der Waals surface area contributed by atoms with Gasteiger partial charge in [0.25, 0.3) is 5.91 Å². The number of hydrogen-bond acceptors (Lipinski definition) is 3. The van der Waals surface area contributed by atoms with Gasteiger partial charge in [0.05, 0.1) is 0 Å². The van der Waals surface area contributed by atoms with Crippen LogP contribution in [0.2, 0.25) is 0 Å². The summed E-state index contributed by atoms with van der Waals surface area (Å²) in [6.07, 6.45) is -2.74. The zero-order valence-electron chi connectivity index (χ0n) is 11.2. The van der Waals surface area contributed by atoms with E-state index in [4.69, 9.17) is 0 Å². The average Bonchev–Trinajstić information content (AvgIpc) is 2.90. The molecule has 2 aliphatic rings. The lowest BCUT2D eigenvalue weighted by Crippen LogP contribution is -2.39. The molecule has 2 fully saturated rings. The van der Waals surface area contributed by atoms with E-state index in [1.807, 2.05) is 0 Å². The Morgan fingerprint density at radius 1 is 1.29 bits per heavy atom. The average molecular weight is 302 g/mol. The summed E-state index contributed by atoms with van der Waals surface area (Å²) in [7, 11) is 0. The molecule has 3 heterocycles. The van der Waals surface area contributed by atoms with Crippen LogP contribution in [0.25, 0.3) is 0 Å². The molecule has 0 aromatic carbocycles. The van der Waals surface area contributed by atoms with Crippen LogP contribution in [0.3, 0.4) is 0 Å². The monoisotopic (exact) mass is 302 g/mol. The van der Waals surface area contributed by atoms with Crippen LogP contribution in [-0.2, 0) is 11.0 Å². The van der Waals surface area contributed by atoms with Gasteiger partial charge in [-0.05, 0) is 26.2 Å². The lowest BCUT2D eigenvalue weighted by atomic mass is 10.0. The van der Waals surface area contributed by atoms with Crippen LogP contribution in [0.1, 0.15) is 30.8 Å². The first kappa shape index (κ1) is 14.0. The summed E-state index contributed by atoms with van der Waals surface area (Å²) >= 11 is 0. The number of imide groups is 1. The van der Waals surface area contributed by atoms with Gasteiger partial charge < -0.3 is 9.32 Å². The number of nitrogens with zero attached hydrogens (tertiary/aromatic N) is 2. The second-order valence-electron chi connectivity index (χ2n) is 5.23. The van der Waals surface area contributed by atoms with Crippen LogP contribution in [-0.4, -0.2) is 29.4 Å². The molecule has 2 aliphatic heterocycles. The van der Waals surface area contributed by atoms with E-state index in [1.54, 1.807) is 0 Å². The van der Waals surface area contributed by atoms with Crippen molar-refractivity contribution in [2.45, 2.75) is 38.4 Å². The third-order valence-electron chi connectivity index (χ3n) is 3.78. The summed E-state index contributed by atoms with van der Waals surface area (Å²) in [4.78, 5) is 26.5. The normalized spacial score (nSPS) is 23.0. The Kier molecular flexibility index (Phi) is 3.00. The molecule has 0 spiro atoms. The van der Waals surface area contributed by atoms with E-state index in [0.717, 1.165) is 18.9 Å². The molecule has 114 valence electrons. The number of aryl methyl sites for hydroxylation is 1. The molecule has 0 N–H and O–H groups in total. The molecule has 3 rings (SSSR count). The minimum Gasteiger partial charge on any atom is -0.455 e. The molecular formula is C13H13F3N2O3. The first-order chi connectivity index (χ1) is 9.80. The maximum absolute atomic E-state index is 13.0.